The number of hydrogen-bond donors (Lipinski definition) is 0. The quantitative estimate of drug-likeness (QED) is 0.803. The van der Waals surface area contributed by atoms with Gasteiger partial charge in [0.1, 0.15) is 0 Å². The second-order valence-corrected chi connectivity index (χ2v) is 7.87. The Labute approximate surface area is 129 Å². The molecule has 122 valence electrons. The predicted octanol–water partition coefficient (Wildman–Crippen LogP) is 2.49. The summed E-state index contributed by atoms with van der Waals surface area (Å²) in [6.45, 7) is 8.55. The average Bonchev–Trinajstić information content (AvgIpc) is 2.35. The molecule has 1 aliphatic rings. The van der Waals surface area contributed by atoms with E-state index in [4.69, 9.17) is 0 Å². The lowest BCUT2D eigenvalue weighted by Gasteiger charge is -2.48. The molecule has 1 fully saturated rings. The fourth-order valence-corrected chi connectivity index (χ4v) is 3.56. The highest BCUT2D eigenvalue weighted by Gasteiger charge is 2.50. The van der Waals surface area contributed by atoms with Crippen molar-refractivity contribution in [1.29, 1.82) is 0 Å². The normalized spacial score (nSPS) is 28.3. The molecule has 1 rings (SSSR count). The zero-order valence-corrected chi connectivity index (χ0v) is 14.9. The molecule has 0 aromatic rings. The zero-order chi connectivity index (χ0) is 16.5. The van der Waals surface area contributed by atoms with E-state index in [0.29, 0.717) is 11.8 Å². The molecule has 0 radical (unpaired) electrons. The molecule has 4 heteroatoms. The Balaban J connectivity index is 3.18. The highest BCUT2D eigenvalue weighted by Crippen LogP contribution is 2.50. The minimum atomic E-state index is -0.298. The first-order valence-corrected chi connectivity index (χ1v) is 7.92. The van der Waals surface area contributed by atoms with Crippen LogP contribution in [-0.2, 0) is 9.59 Å². The molecule has 21 heavy (non-hydrogen) atoms. The number of carbonyl (C=O) groups is 2. The Kier molecular flexibility index (Phi) is 5.46. The van der Waals surface area contributed by atoms with Crippen LogP contribution in [0.15, 0.2) is 0 Å². The van der Waals surface area contributed by atoms with Crippen LogP contribution in [-0.4, -0.2) is 49.8 Å². The first-order chi connectivity index (χ1) is 9.50. The van der Waals surface area contributed by atoms with Crippen molar-refractivity contribution >= 4 is 11.8 Å². The molecule has 0 unspecified atom stereocenters. The van der Waals surface area contributed by atoms with Gasteiger partial charge in [0, 0.05) is 40.0 Å². The monoisotopic (exact) mass is 296 g/mol. The molecular weight excluding hydrogens is 264 g/mol. The molecule has 0 aromatic heterocycles. The molecule has 2 atom stereocenters. The van der Waals surface area contributed by atoms with Gasteiger partial charge in [-0.1, -0.05) is 27.7 Å². The molecule has 0 N–H and O–H groups in total. The van der Waals surface area contributed by atoms with E-state index in [0.717, 1.165) is 12.8 Å². The van der Waals surface area contributed by atoms with Crippen molar-refractivity contribution in [1.82, 2.24) is 9.80 Å². The summed E-state index contributed by atoms with van der Waals surface area (Å²) in [7, 11) is 7.22. The van der Waals surface area contributed by atoms with Crippen molar-refractivity contribution in [2.45, 2.75) is 40.5 Å². The molecule has 0 spiro atoms. The molecule has 1 aliphatic carbocycles. The molecule has 0 heterocycles. The van der Waals surface area contributed by atoms with Crippen LogP contribution in [0.5, 0.6) is 0 Å². The minimum Gasteiger partial charge on any atom is -0.349 e. The smallest absolute Gasteiger partial charge is 0.225 e. The lowest BCUT2D eigenvalue weighted by atomic mass is 9.57. The summed E-state index contributed by atoms with van der Waals surface area (Å²) < 4.78 is 0. The van der Waals surface area contributed by atoms with Crippen LogP contribution < -0.4 is 0 Å². The third-order valence-corrected chi connectivity index (χ3v) is 5.29. The Bertz CT molecular complexity index is 368. The van der Waals surface area contributed by atoms with Gasteiger partial charge >= 0.3 is 0 Å². The molecule has 0 saturated heterocycles. The van der Waals surface area contributed by atoms with E-state index in [-0.39, 0.29) is 29.1 Å². The Hall–Kier alpha value is -1.06. The summed E-state index contributed by atoms with van der Waals surface area (Å²) in [5.41, 5.74) is -0.298. The summed E-state index contributed by atoms with van der Waals surface area (Å²) in [6.07, 6.45) is 1.78. The van der Waals surface area contributed by atoms with Crippen molar-refractivity contribution in [3.05, 3.63) is 0 Å². The fraction of sp³-hybridized carbons (Fsp3) is 0.882. The topological polar surface area (TPSA) is 40.6 Å². The van der Waals surface area contributed by atoms with E-state index in [1.165, 1.54) is 0 Å². The molecule has 2 amide bonds. The van der Waals surface area contributed by atoms with Gasteiger partial charge in [-0.05, 0) is 30.1 Å². The van der Waals surface area contributed by atoms with Crippen LogP contribution in [0.2, 0.25) is 0 Å². The Morgan fingerprint density at radius 2 is 1.24 bits per heavy atom. The molecule has 1 saturated carbocycles. The van der Waals surface area contributed by atoms with Crippen LogP contribution in [0.3, 0.4) is 0 Å². The van der Waals surface area contributed by atoms with Crippen LogP contribution in [0, 0.1) is 29.1 Å². The van der Waals surface area contributed by atoms with Gasteiger partial charge in [0.25, 0.3) is 0 Å². The van der Waals surface area contributed by atoms with E-state index >= 15 is 0 Å². The third-order valence-electron chi connectivity index (χ3n) is 5.29. The number of amides is 2. The second kappa shape index (κ2) is 6.37. The van der Waals surface area contributed by atoms with Crippen LogP contribution in [0.4, 0.5) is 0 Å². The number of rotatable bonds is 3. The van der Waals surface area contributed by atoms with E-state index < -0.39 is 0 Å². The SMILES string of the molecule is CC(C)C1C[C@H](C(=O)N(C)C)C(C)(C)[C@@H](C(=O)N(C)C)C1. The van der Waals surface area contributed by atoms with E-state index in [1.807, 2.05) is 0 Å². The minimum absolute atomic E-state index is 0.0810. The van der Waals surface area contributed by atoms with E-state index in [1.54, 1.807) is 38.0 Å². The largest absolute Gasteiger partial charge is 0.349 e. The maximum Gasteiger partial charge on any atom is 0.225 e. The highest BCUT2D eigenvalue weighted by molar-refractivity contribution is 5.83. The second-order valence-electron chi connectivity index (χ2n) is 7.87. The maximum atomic E-state index is 12.6. The van der Waals surface area contributed by atoms with Gasteiger partial charge in [0.05, 0.1) is 0 Å². The molecular formula is C17H32N2O2. The Morgan fingerprint density at radius 1 is 0.905 bits per heavy atom. The van der Waals surface area contributed by atoms with Crippen LogP contribution in [0.25, 0.3) is 0 Å². The van der Waals surface area contributed by atoms with E-state index in [2.05, 4.69) is 27.7 Å². The van der Waals surface area contributed by atoms with Gasteiger partial charge in [-0.25, -0.2) is 0 Å². The van der Waals surface area contributed by atoms with Crippen molar-refractivity contribution in [3.63, 3.8) is 0 Å². The molecule has 4 nitrogen and oxygen atoms in total. The molecule has 0 aliphatic heterocycles. The van der Waals surface area contributed by atoms with Gasteiger partial charge < -0.3 is 9.80 Å². The van der Waals surface area contributed by atoms with Crippen molar-refractivity contribution in [3.8, 4) is 0 Å². The lowest BCUT2D eigenvalue weighted by Crippen LogP contribution is -2.52. The molecule has 0 aromatic carbocycles. The van der Waals surface area contributed by atoms with Gasteiger partial charge in [-0.3, -0.25) is 9.59 Å². The summed E-state index contributed by atoms with van der Waals surface area (Å²) in [6, 6.07) is 0. The first kappa shape index (κ1) is 18.0. The van der Waals surface area contributed by atoms with Crippen molar-refractivity contribution in [2.24, 2.45) is 29.1 Å². The average molecular weight is 296 g/mol. The summed E-state index contributed by atoms with van der Waals surface area (Å²) >= 11 is 0. The highest BCUT2D eigenvalue weighted by atomic mass is 16.2. The van der Waals surface area contributed by atoms with E-state index in [9.17, 15) is 9.59 Å². The van der Waals surface area contributed by atoms with Gasteiger partial charge in [-0.2, -0.15) is 0 Å². The van der Waals surface area contributed by atoms with Crippen molar-refractivity contribution < 1.29 is 9.59 Å². The standard InChI is InChI=1S/C17H32N2O2/c1-11(2)12-9-13(15(20)18(5)6)17(3,4)14(10-12)16(21)19(7)8/h11-14H,9-10H2,1-8H3/t13-,14-/m1/s1. The maximum absolute atomic E-state index is 12.6. The molecule has 0 bridgehead atoms. The van der Waals surface area contributed by atoms with Crippen LogP contribution in [0.1, 0.15) is 40.5 Å². The zero-order valence-electron chi connectivity index (χ0n) is 14.9. The number of nitrogens with zero attached hydrogens (tertiary/aromatic N) is 2. The first-order valence-electron chi connectivity index (χ1n) is 7.92. The van der Waals surface area contributed by atoms with Gasteiger partial charge in [0.2, 0.25) is 11.8 Å². The van der Waals surface area contributed by atoms with Gasteiger partial charge in [-0.15, -0.1) is 0 Å². The number of carbonyl (C=O) groups excluding carboxylic acids is 2. The summed E-state index contributed by atoms with van der Waals surface area (Å²) in [4.78, 5) is 28.6. The number of hydrogen-bond acceptors (Lipinski definition) is 2. The van der Waals surface area contributed by atoms with Gasteiger partial charge in [0.15, 0.2) is 0 Å². The predicted molar refractivity (Wildman–Crippen MR) is 85.7 cm³/mol. The van der Waals surface area contributed by atoms with Crippen LogP contribution >= 0.6 is 0 Å². The summed E-state index contributed by atoms with van der Waals surface area (Å²) in [5.74, 6) is 1.07. The summed E-state index contributed by atoms with van der Waals surface area (Å²) in [5, 5.41) is 0. The lowest BCUT2D eigenvalue weighted by molar-refractivity contribution is -0.151. The van der Waals surface area contributed by atoms with Crippen molar-refractivity contribution in [2.75, 3.05) is 28.2 Å². The Morgan fingerprint density at radius 3 is 1.48 bits per heavy atom. The fourth-order valence-electron chi connectivity index (χ4n) is 3.56. The third kappa shape index (κ3) is 3.58.